The van der Waals surface area contributed by atoms with Crippen LogP contribution in [0.5, 0.6) is 0 Å². The molecule has 0 fully saturated rings. The van der Waals surface area contributed by atoms with E-state index in [-0.39, 0.29) is 29.8 Å². The molecule has 0 aliphatic heterocycles. The van der Waals surface area contributed by atoms with Crippen LogP contribution in [0.25, 0.3) is 0 Å². The van der Waals surface area contributed by atoms with Gasteiger partial charge in [0.15, 0.2) is 5.76 Å². The summed E-state index contributed by atoms with van der Waals surface area (Å²) in [6.45, 7) is 2.12. The van der Waals surface area contributed by atoms with E-state index >= 15 is 0 Å². The zero-order valence-electron chi connectivity index (χ0n) is 13.6. The molecular weight excluding hydrogens is 340 g/mol. The summed E-state index contributed by atoms with van der Waals surface area (Å²) in [5, 5.41) is 3.45. The third-order valence-corrected chi connectivity index (χ3v) is 4.17. The Morgan fingerprint density at radius 2 is 1.92 bits per heavy atom. The highest BCUT2D eigenvalue weighted by atomic mass is 35.5. The molecule has 0 aliphatic carbocycles. The summed E-state index contributed by atoms with van der Waals surface area (Å²) in [4.78, 5) is 24.1. The topological polar surface area (TPSA) is 64.2 Å². The predicted molar refractivity (Wildman–Crippen MR) is 95.8 cm³/mol. The van der Waals surface area contributed by atoms with Crippen molar-refractivity contribution in [2.75, 3.05) is 0 Å². The average Bonchev–Trinajstić information content (AvgIpc) is 3.06. The first-order valence-electron chi connectivity index (χ1n) is 7.84. The van der Waals surface area contributed by atoms with Crippen LogP contribution in [0.3, 0.4) is 0 Å². The van der Waals surface area contributed by atoms with Gasteiger partial charge in [-0.1, -0.05) is 35.9 Å². The number of carbonyl (C=O) groups excluding carboxylic acids is 1. The van der Waals surface area contributed by atoms with Crippen LogP contribution in [0.1, 0.15) is 34.8 Å². The van der Waals surface area contributed by atoms with Gasteiger partial charge in [0, 0.05) is 17.3 Å². The van der Waals surface area contributed by atoms with E-state index in [9.17, 15) is 9.59 Å². The summed E-state index contributed by atoms with van der Waals surface area (Å²) in [6, 6.07) is 15.3. The number of rotatable bonds is 5. The van der Waals surface area contributed by atoms with E-state index in [0.717, 1.165) is 5.56 Å². The van der Waals surface area contributed by atoms with Crippen LogP contribution in [-0.4, -0.2) is 10.5 Å². The second-order valence-electron chi connectivity index (χ2n) is 5.65. The van der Waals surface area contributed by atoms with Gasteiger partial charge >= 0.3 is 0 Å². The number of nitrogens with zero attached hydrogens (tertiary/aromatic N) is 1. The van der Waals surface area contributed by atoms with Crippen LogP contribution in [0.15, 0.2) is 70.0 Å². The molecule has 0 spiro atoms. The van der Waals surface area contributed by atoms with Gasteiger partial charge in [-0.25, -0.2) is 0 Å². The number of aromatic nitrogens is 1. The van der Waals surface area contributed by atoms with Crippen molar-refractivity contribution in [2.24, 2.45) is 0 Å². The Bertz CT molecular complexity index is 945. The second-order valence-corrected chi connectivity index (χ2v) is 6.06. The van der Waals surface area contributed by atoms with E-state index in [4.69, 9.17) is 16.0 Å². The summed E-state index contributed by atoms with van der Waals surface area (Å²) >= 11 is 6.15. The molecule has 5 nitrogen and oxygen atoms in total. The molecule has 0 unspecified atom stereocenters. The molecule has 0 saturated heterocycles. The van der Waals surface area contributed by atoms with E-state index in [2.05, 4.69) is 5.32 Å². The average molecular weight is 357 g/mol. The first kappa shape index (κ1) is 17.0. The third-order valence-electron chi connectivity index (χ3n) is 3.83. The molecular formula is C19H17ClN2O3. The number of pyridine rings is 1. The van der Waals surface area contributed by atoms with Crippen LogP contribution in [0.4, 0.5) is 0 Å². The molecule has 0 aliphatic rings. The van der Waals surface area contributed by atoms with Gasteiger partial charge in [0.2, 0.25) is 0 Å². The van der Waals surface area contributed by atoms with Gasteiger partial charge < -0.3 is 14.3 Å². The molecule has 1 atom stereocenters. The maximum Gasteiger partial charge on any atom is 0.287 e. The maximum absolute atomic E-state index is 12.4. The zero-order chi connectivity index (χ0) is 17.8. The number of nitrogens with one attached hydrogen (secondary N) is 1. The van der Waals surface area contributed by atoms with Gasteiger partial charge in [-0.15, -0.1) is 0 Å². The number of furan rings is 1. The normalized spacial score (nSPS) is 11.9. The van der Waals surface area contributed by atoms with E-state index in [1.807, 2.05) is 25.1 Å². The molecule has 1 amide bonds. The Hall–Kier alpha value is -2.79. The Kier molecular flexibility index (Phi) is 5.05. The molecule has 3 rings (SSSR count). The van der Waals surface area contributed by atoms with Crippen LogP contribution in [-0.2, 0) is 6.54 Å². The predicted octanol–water partition coefficient (Wildman–Crippen LogP) is 3.63. The van der Waals surface area contributed by atoms with E-state index in [0.29, 0.717) is 10.8 Å². The van der Waals surface area contributed by atoms with E-state index < -0.39 is 0 Å². The van der Waals surface area contributed by atoms with E-state index in [1.165, 1.54) is 10.6 Å². The van der Waals surface area contributed by atoms with Crippen molar-refractivity contribution in [1.29, 1.82) is 0 Å². The number of hydrogen-bond acceptors (Lipinski definition) is 3. The minimum atomic E-state index is -0.334. The second kappa shape index (κ2) is 7.40. The number of benzene rings is 1. The fraction of sp³-hybridized carbons (Fsp3) is 0.158. The minimum absolute atomic E-state index is 0.128. The van der Waals surface area contributed by atoms with Crippen LogP contribution in [0, 0.1) is 0 Å². The molecule has 2 aromatic heterocycles. The SMILES string of the molecule is C[C@@H](NC(=O)c1ccc(Cn2ccccc2=O)o1)c1ccccc1Cl. The molecule has 0 bridgehead atoms. The molecule has 0 saturated carbocycles. The smallest absolute Gasteiger partial charge is 0.287 e. The third kappa shape index (κ3) is 4.00. The minimum Gasteiger partial charge on any atom is -0.454 e. The molecule has 0 radical (unpaired) electrons. The lowest BCUT2D eigenvalue weighted by Gasteiger charge is -2.14. The summed E-state index contributed by atoms with van der Waals surface area (Å²) in [5.41, 5.74) is 0.706. The molecule has 6 heteroatoms. The van der Waals surface area contributed by atoms with Crippen molar-refractivity contribution in [3.05, 3.63) is 93.3 Å². The van der Waals surface area contributed by atoms with Gasteiger partial charge in [0.05, 0.1) is 12.6 Å². The van der Waals surface area contributed by atoms with Crippen molar-refractivity contribution >= 4 is 17.5 Å². The highest BCUT2D eigenvalue weighted by Gasteiger charge is 2.16. The Balaban J connectivity index is 1.70. The van der Waals surface area contributed by atoms with Gasteiger partial charge in [0.25, 0.3) is 11.5 Å². The quantitative estimate of drug-likeness (QED) is 0.759. The highest BCUT2D eigenvalue weighted by Crippen LogP contribution is 2.22. The number of hydrogen-bond donors (Lipinski definition) is 1. The summed E-state index contributed by atoms with van der Waals surface area (Å²) < 4.78 is 7.07. The Morgan fingerprint density at radius 3 is 2.68 bits per heavy atom. The first-order chi connectivity index (χ1) is 12.0. The van der Waals surface area contributed by atoms with Gasteiger partial charge in [-0.2, -0.15) is 0 Å². The lowest BCUT2D eigenvalue weighted by atomic mass is 10.1. The Labute approximate surface area is 149 Å². The fourth-order valence-corrected chi connectivity index (χ4v) is 2.82. The summed E-state index contributed by atoms with van der Waals surface area (Å²) in [6.07, 6.45) is 1.67. The highest BCUT2D eigenvalue weighted by molar-refractivity contribution is 6.31. The van der Waals surface area contributed by atoms with Crippen molar-refractivity contribution in [3.8, 4) is 0 Å². The zero-order valence-corrected chi connectivity index (χ0v) is 14.4. The van der Waals surface area contributed by atoms with Gasteiger partial charge in [-0.3, -0.25) is 9.59 Å². The Morgan fingerprint density at radius 1 is 1.16 bits per heavy atom. The number of carbonyl (C=O) groups is 1. The summed E-state index contributed by atoms with van der Waals surface area (Å²) in [5.74, 6) is 0.390. The lowest BCUT2D eigenvalue weighted by molar-refractivity contribution is 0.0910. The van der Waals surface area contributed by atoms with Crippen molar-refractivity contribution in [3.63, 3.8) is 0 Å². The molecule has 128 valence electrons. The lowest BCUT2D eigenvalue weighted by Crippen LogP contribution is -2.26. The molecule has 1 aromatic carbocycles. The monoisotopic (exact) mass is 356 g/mol. The standard InChI is InChI=1S/C19H17ClN2O3/c1-13(15-6-2-3-7-16(15)20)21-19(24)17-10-9-14(25-17)12-22-11-5-4-8-18(22)23/h2-11,13H,12H2,1H3,(H,21,24)/t13-/m1/s1. The molecule has 3 aromatic rings. The molecule has 25 heavy (non-hydrogen) atoms. The molecule has 1 N–H and O–H groups in total. The van der Waals surface area contributed by atoms with Gasteiger partial charge in [0.1, 0.15) is 5.76 Å². The molecule has 2 heterocycles. The number of halogens is 1. The van der Waals surface area contributed by atoms with Crippen molar-refractivity contribution < 1.29 is 9.21 Å². The largest absolute Gasteiger partial charge is 0.454 e. The summed E-state index contributed by atoms with van der Waals surface area (Å²) in [7, 11) is 0. The number of amides is 1. The van der Waals surface area contributed by atoms with Gasteiger partial charge in [-0.05, 0) is 36.8 Å². The van der Waals surface area contributed by atoms with Crippen LogP contribution < -0.4 is 10.9 Å². The first-order valence-corrected chi connectivity index (χ1v) is 8.22. The van der Waals surface area contributed by atoms with Crippen LogP contribution >= 0.6 is 11.6 Å². The van der Waals surface area contributed by atoms with Crippen LogP contribution in [0.2, 0.25) is 5.02 Å². The fourth-order valence-electron chi connectivity index (χ4n) is 2.52. The van der Waals surface area contributed by atoms with Crippen molar-refractivity contribution in [1.82, 2.24) is 9.88 Å². The maximum atomic E-state index is 12.4. The van der Waals surface area contributed by atoms with Crippen molar-refractivity contribution in [2.45, 2.75) is 19.5 Å². The van der Waals surface area contributed by atoms with E-state index in [1.54, 1.807) is 36.5 Å².